The highest BCUT2D eigenvalue weighted by molar-refractivity contribution is 5.78. The summed E-state index contributed by atoms with van der Waals surface area (Å²) in [6, 6.07) is 0.386. The maximum absolute atomic E-state index is 12.5. The van der Waals surface area contributed by atoms with Crippen LogP contribution in [-0.2, 0) is 14.3 Å². The van der Waals surface area contributed by atoms with Gasteiger partial charge in [0.2, 0.25) is 11.8 Å². The number of nitrogens with zero attached hydrogens (tertiary/aromatic N) is 3. The highest BCUT2D eigenvalue weighted by atomic mass is 16.5. The molecule has 25 heavy (non-hydrogen) atoms. The Kier molecular flexibility index (Phi) is 6.00. The zero-order valence-electron chi connectivity index (χ0n) is 15.8. The minimum Gasteiger partial charge on any atom is -0.372 e. The first-order valence-corrected chi connectivity index (χ1v) is 9.86. The lowest BCUT2D eigenvalue weighted by atomic mass is 9.72. The lowest BCUT2D eigenvalue weighted by molar-refractivity contribution is -0.146. The van der Waals surface area contributed by atoms with E-state index < -0.39 is 0 Å². The molecular formula is C19H33N3O3. The lowest BCUT2D eigenvalue weighted by Crippen LogP contribution is -2.55. The lowest BCUT2D eigenvalue weighted by Gasteiger charge is -2.49. The van der Waals surface area contributed by atoms with Crippen molar-refractivity contribution in [2.24, 2.45) is 5.41 Å². The topological polar surface area (TPSA) is 53.1 Å². The van der Waals surface area contributed by atoms with E-state index in [1.807, 2.05) is 11.8 Å². The number of ether oxygens (including phenoxy) is 1. The molecule has 0 aromatic heterocycles. The summed E-state index contributed by atoms with van der Waals surface area (Å²) in [5, 5.41) is 0. The van der Waals surface area contributed by atoms with E-state index in [-0.39, 0.29) is 17.9 Å². The van der Waals surface area contributed by atoms with Crippen LogP contribution in [0.15, 0.2) is 0 Å². The monoisotopic (exact) mass is 351 g/mol. The van der Waals surface area contributed by atoms with Crippen molar-refractivity contribution in [2.75, 3.05) is 53.0 Å². The molecule has 3 heterocycles. The number of hydrogen-bond acceptors (Lipinski definition) is 4. The van der Waals surface area contributed by atoms with E-state index in [0.29, 0.717) is 25.0 Å². The van der Waals surface area contributed by atoms with Gasteiger partial charge in [-0.05, 0) is 51.1 Å². The Balaban J connectivity index is 1.53. The van der Waals surface area contributed by atoms with Crippen LogP contribution in [0.5, 0.6) is 0 Å². The van der Waals surface area contributed by atoms with Gasteiger partial charge >= 0.3 is 0 Å². The summed E-state index contributed by atoms with van der Waals surface area (Å²) in [4.78, 5) is 31.1. The average Bonchev–Trinajstić information content (AvgIpc) is 3.04. The third-order valence-electron chi connectivity index (χ3n) is 6.25. The summed E-state index contributed by atoms with van der Waals surface area (Å²) in [6.45, 7) is 7.49. The van der Waals surface area contributed by atoms with E-state index in [0.717, 1.165) is 64.8 Å². The summed E-state index contributed by atoms with van der Waals surface area (Å²) < 4.78 is 5.39. The first-order valence-electron chi connectivity index (χ1n) is 9.86. The molecule has 0 N–H and O–H groups in total. The van der Waals surface area contributed by atoms with Crippen molar-refractivity contribution >= 4 is 11.8 Å². The van der Waals surface area contributed by atoms with Crippen LogP contribution < -0.4 is 0 Å². The van der Waals surface area contributed by atoms with Crippen molar-refractivity contribution in [3.8, 4) is 0 Å². The predicted molar refractivity (Wildman–Crippen MR) is 96.2 cm³/mol. The quantitative estimate of drug-likeness (QED) is 0.702. The number of hydrogen-bond donors (Lipinski definition) is 0. The molecular weight excluding hydrogens is 318 g/mol. The SMILES string of the molecule is CCCOCC(=O)N1CCC2(CCC(=O)N([C@@H]3CCN(C)C3)C2)CC1. The molecule has 1 atom stereocenters. The van der Waals surface area contributed by atoms with Gasteiger partial charge < -0.3 is 19.4 Å². The molecule has 0 aromatic rings. The van der Waals surface area contributed by atoms with Crippen molar-refractivity contribution < 1.29 is 14.3 Å². The van der Waals surface area contributed by atoms with Gasteiger partial charge in [0.1, 0.15) is 6.61 Å². The van der Waals surface area contributed by atoms with Gasteiger partial charge in [-0.2, -0.15) is 0 Å². The molecule has 1 spiro atoms. The van der Waals surface area contributed by atoms with Crippen molar-refractivity contribution in [1.29, 1.82) is 0 Å². The minimum absolute atomic E-state index is 0.115. The van der Waals surface area contributed by atoms with Gasteiger partial charge in [0.25, 0.3) is 0 Å². The molecule has 0 aromatic carbocycles. The molecule has 3 saturated heterocycles. The van der Waals surface area contributed by atoms with E-state index in [4.69, 9.17) is 4.74 Å². The van der Waals surface area contributed by atoms with E-state index in [9.17, 15) is 9.59 Å². The zero-order valence-corrected chi connectivity index (χ0v) is 15.8. The number of carbonyl (C=O) groups is 2. The van der Waals surface area contributed by atoms with E-state index in [1.165, 1.54) is 0 Å². The van der Waals surface area contributed by atoms with E-state index in [2.05, 4.69) is 16.8 Å². The number of likely N-dealkylation sites (tertiary alicyclic amines) is 3. The van der Waals surface area contributed by atoms with Gasteiger partial charge in [-0.1, -0.05) is 6.92 Å². The Hall–Kier alpha value is -1.14. The average molecular weight is 351 g/mol. The van der Waals surface area contributed by atoms with Crippen LogP contribution in [-0.4, -0.2) is 85.5 Å². The van der Waals surface area contributed by atoms with Crippen LogP contribution in [0.1, 0.15) is 45.4 Å². The molecule has 3 aliphatic rings. The fraction of sp³-hybridized carbons (Fsp3) is 0.895. The number of piperidine rings is 2. The standard InChI is InChI=1S/C19H33N3O3/c1-3-12-25-14-18(24)21-10-7-19(8-11-21)6-4-17(23)22(15-19)16-5-9-20(2)13-16/h16H,3-15H2,1-2H3/t16-/m1/s1. The molecule has 2 amide bonds. The molecule has 3 aliphatic heterocycles. The normalized spacial score (nSPS) is 27.3. The molecule has 6 heteroatoms. The summed E-state index contributed by atoms with van der Waals surface area (Å²) in [6.07, 6.45) is 5.72. The second-order valence-corrected chi connectivity index (χ2v) is 8.16. The zero-order chi connectivity index (χ0) is 17.9. The second kappa shape index (κ2) is 8.04. The molecule has 3 fully saturated rings. The molecule has 3 rings (SSSR count). The summed E-state index contributed by atoms with van der Waals surface area (Å²) in [5.74, 6) is 0.446. The first-order chi connectivity index (χ1) is 12.0. The maximum Gasteiger partial charge on any atom is 0.248 e. The first kappa shape index (κ1) is 18.6. The van der Waals surface area contributed by atoms with Gasteiger partial charge in [-0.3, -0.25) is 9.59 Å². The predicted octanol–water partition coefficient (Wildman–Crippen LogP) is 1.35. The molecule has 0 saturated carbocycles. The van der Waals surface area contributed by atoms with Crippen molar-refractivity contribution in [1.82, 2.24) is 14.7 Å². The van der Waals surface area contributed by atoms with E-state index in [1.54, 1.807) is 0 Å². The van der Waals surface area contributed by atoms with Crippen molar-refractivity contribution in [3.05, 3.63) is 0 Å². The number of likely N-dealkylation sites (N-methyl/N-ethyl adjacent to an activating group) is 1. The van der Waals surface area contributed by atoms with Crippen molar-refractivity contribution in [2.45, 2.75) is 51.5 Å². The Bertz CT molecular complexity index is 488. The molecule has 0 aliphatic carbocycles. The highest BCUT2D eigenvalue weighted by Gasteiger charge is 2.44. The molecule has 0 bridgehead atoms. The fourth-order valence-electron chi connectivity index (χ4n) is 4.58. The minimum atomic E-state index is 0.115. The highest BCUT2D eigenvalue weighted by Crippen LogP contribution is 2.41. The van der Waals surface area contributed by atoms with Gasteiger partial charge in [0.05, 0.1) is 0 Å². The third kappa shape index (κ3) is 4.34. The Morgan fingerprint density at radius 2 is 2.00 bits per heavy atom. The third-order valence-corrected chi connectivity index (χ3v) is 6.25. The number of amides is 2. The van der Waals surface area contributed by atoms with Gasteiger partial charge in [0.15, 0.2) is 0 Å². The summed E-state index contributed by atoms with van der Waals surface area (Å²) >= 11 is 0. The van der Waals surface area contributed by atoms with Crippen LogP contribution in [0, 0.1) is 5.41 Å². The van der Waals surface area contributed by atoms with E-state index >= 15 is 0 Å². The van der Waals surface area contributed by atoms with Gasteiger partial charge in [0, 0.05) is 45.2 Å². The Morgan fingerprint density at radius 1 is 1.24 bits per heavy atom. The maximum atomic E-state index is 12.5. The largest absolute Gasteiger partial charge is 0.372 e. The van der Waals surface area contributed by atoms with Crippen LogP contribution in [0.4, 0.5) is 0 Å². The molecule has 6 nitrogen and oxygen atoms in total. The van der Waals surface area contributed by atoms with Gasteiger partial charge in [-0.25, -0.2) is 0 Å². The Labute approximate surface area is 151 Å². The van der Waals surface area contributed by atoms with Crippen LogP contribution in [0.25, 0.3) is 0 Å². The molecule has 0 radical (unpaired) electrons. The smallest absolute Gasteiger partial charge is 0.248 e. The van der Waals surface area contributed by atoms with Crippen LogP contribution >= 0.6 is 0 Å². The summed E-state index contributed by atoms with van der Waals surface area (Å²) in [7, 11) is 2.13. The summed E-state index contributed by atoms with van der Waals surface area (Å²) in [5.41, 5.74) is 0.218. The van der Waals surface area contributed by atoms with Gasteiger partial charge in [-0.15, -0.1) is 0 Å². The second-order valence-electron chi connectivity index (χ2n) is 8.16. The molecule has 142 valence electrons. The van der Waals surface area contributed by atoms with Crippen LogP contribution in [0.3, 0.4) is 0 Å². The number of carbonyl (C=O) groups excluding carboxylic acids is 2. The van der Waals surface area contributed by atoms with Crippen molar-refractivity contribution in [3.63, 3.8) is 0 Å². The number of rotatable bonds is 5. The molecule has 0 unspecified atom stereocenters. The van der Waals surface area contributed by atoms with Crippen LogP contribution in [0.2, 0.25) is 0 Å². The Morgan fingerprint density at radius 3 is 2.64 bits per heavy atom. The fourth-order valence-corrected chi connectivity index (χ4v) is 4.58.